The Bertz CT molecular complexity index is 8230. The molecule has 0 saturated carbocycles. The molecule has 11 heterocycles. The van der Waals surface area contributed by atoms with E-state index in [1.807, 2.05) is 239 Å². The number of halogens is 6. The first-order valence-electron chi connectivity index (χ1n) is 48.6. The van der Waals surface area contributed by atoms with E-state index in [1.54, 1.807) is 51.1 Å². The molecular weight excluding hydrogens is 1970 g/mol. The van der Waals surface area contributed by atoms with E-state index >= 15 is 0 Å². The summed E-state index contributed by atoms with van der Waals surface area (Å²) in [6.07, 6.45) is 7.42. The molecule has 8 aromatic heterocycles. The van der Waals surface area contributed by atoms with E-state index in [4.69, 9.17) is 94.0 Å². The molecule has 3 amide bonds. The Balaban J connectivity index is 0.000000144. The molecule has 3 N–H and O–H groups in total. The van der Waals surface area contributed by atoms with Crippen molar-refractivity contribution in [1.82, 2.24) is 52.2 Å². The summed E-state index contributed by atoms with van der Waals surface area (Å²) in [7, 11) is 9.50. The van der Waals surface area contributed by atoms with Crippen molar-refractivity contribution in [2.75, 3.05) is 54.2 Å². The van der Waals surface area contributed by atoms with E-state index in [0.717, 1.165) is 199 Å². The Kier molecular flexibility index (Phi) is 28.2. The predicted molar refractivity (Wildman–Crippen MR) is 582 cm³/mol. The average molecular weight is 2080 g/mol. The first-order chi connectivity index (χ1) is 69.4. The highest BCUT2D eigenvalue weighted by molar-refractivity contribution is 6.37. The van der Waals surface area contributed by atoms with Crippen LogP contribution in [0.15, 0.2) is 146 Å². The molecule has 146 heavy (non-hydrogen) atoms. The molecule has 0 unspecified atom stereocenters. The van der Waals surface area contributed by atoms with Crippen molar-refractivity contribution in [3.05, 3.63) is 294 Å². The molecule has 32 heteroatoms. The monoisotopic (exact) mass is 2080 g/mol. The summed E-state index contributed by atoms with van der Waals surface area (Å²) in [5, 5.41) is 51.9. The highest BCUT2D eigenvalue weighted by Crippen LogP contribution is 2.51. The molecule has 754 valence electrons. The Morgan fingerprint density at radius 2 is 0.678 bits per heavy atom. The number of hydrogen-bond acceptors (Lipinski definition) is 12. The van der Waals surface area contributed by atoms with Crippen molar-refractivity contribution in [3.8, 4) is 50.6 Å². The van der Waals surface area contributed by atoms with Gasteiger partial charge in [0.1, 0.15) is 34.3 Å². The summed E-state index contributed by atoms with van der Waals surface area (Å²) in [5.41, 5.74) is 27.7. The maximum atomic E-state index is 15.0. The number of ether oxygens (including phenoxy) is 3. The fourth-order valence-electron chi connectivity index (χ4n) is 22.0. The molecule has 26 nitrogen and oxygen atoms in total. The molecule has 0 bridgehead atoms. The maximum absolute atomic E-state index is 15.0. The average Bonchev–Trinajstić information content (AvgIpc) is 1.56. The maximum Gasteiger partial charge on any atom is 0.336 e. The normalized spacial score (nSPS) is 14.6. The molecular formula is C114H114Cl6N14O12. The van der Waals surface area contributed by atoms with Crippen LogP contribution >= 0.6 is 69.6 Å². The number of fused-ring (bicyclic) bond motifs is 11. The Hall–Kier alpha value is -13.7. The number of nitrogens with zero attached hydrogens (tertiary/aromatic N) is 14. The number of hydrogen-bond donors (Lipinski definition) is 3. The Morgan fingerprint density at radius 1 is 0.356 bits per heavy atom. The molecule has 9 aromatic carbocycles. The number of amides is 3. The van der Waals surface area contributed by atoms with Gasteiger partial charge in [-0.15, -0.1) is 0 Å². The lowest BCUT2D eigenvalue weighted by Crippen LogP contribution is -2.43. The van der Waals surface area contributed by atoms with E-state index in [1.165, 1.54) is 12.1 Å². The number of rotatable bonds is 24. The summed E-state index contributed by atoms with van der Waals surface area (Å²) in [6.45, 7) is 32.5. The van der Waals surface area contributed by atoms with Crippen molar-refractivity contribution in [3.63, 3.8) is 0 Å². The van der Waals surface area contributed by atoms with Gasteiger partial charge >= 0.3 is 17.9 Å². The van der Waals surface area contributed by atoms with E-state index < -0.39 is 17.9 Å². The van der Waals surface area contributed by atoms with E-state index in [0.29, 0.717) is 133 Å². The number of aryl methyl sites for hydroxylation is 17. The zero-order chi connectivity index (χ0) is 105. The van der Waals surface area contributed by atoms with Crippen molar-refractivity contribution >= 4 is 177 Å². The number of carbonyl (C=O) groups is 6. The van der Waals surface area contributed by atoms with Crippen molar-refractivity contribution in [1.29, 1.82) is 0 Å². The zero-order valence-electron chi connectivity index (χ0n) is 85.1. The van der Waals surface area contributed by atoms with Crippen LogP contribution in [0.1, 0.15) is 205 Å². The van der Waals surface area contributed by atoms with Crippen LogP contribution in [0.4, 0.5) is 17.1 Å². The van der Waals surface area contributed by atoms with Crippen molar-refractivity contribution in [2.45, 2.75) is 161 Å². The first kappa shape index (κ1) is 102. The van der Waals surface area contributed by atoms with Gasteiger partial charge in [-0.1, -0.05) is 87.8 Å². The van der Waals surface area contributed by atoms with E-state index in [2.05, 4.69) is 39.6 Å². The third-order valence-electron chi connectivity index (χ3n) is 29.2. The molecule has 0 fully saturated rings. The SMILES string of the molecule is Cc1cc(OCCCc2c3n(c4c(-c5c(C)nn(C)c5C)c(Cl)ccc24)[C@@H](C)CN(c2cc(C(=O)O)cc4c2ccn4C)C3=O)cc(C)c1Cl.Cc1cc(OCCCc2c3n(c4c(-c5c(C)nn(C)c5C)c(Cl)ccc24)[C@H](C)CN(c2cc(C(=O)O)c4ccn(C)c4c2)C3=O)cc(C)c1Cl.Cc1cc(OCCCc2c3n(c4c(-c5c(C)nn(C)c5C)c(Cl)ccc24)[C@H](C)CN(c2ccc(C(=O)O)cc2)C3=O)cc(C)c1Cl. The van der Waals surface area contributed by atoms with Crippen LogP contribution in [-0.4, -0.2) is 143 Å². The quantitative estimate of drug-likeness (QED) is 0.0474. The van der Waals surface area contributed by atoms with E-state index in [9.17, 15) is 44.1 Å². The number of carboxylic acid groups (broad SMARTS) is 3. The summed E-state index contributed by atoms with van der Waals surface area (Å²) in [6, 6.07) is 39.9. The zero-order valence-corrected chi connectivity index (χ0v) is 89.7. The third kappa shape index (κ3) is 18.2. The second kappa shape index (κ2) is 40.2. The van der Waals surface area contributed by atoms with E-state index in [-0.39, 0.29) is 52.5 Å². The second-order valence-corrected chi connectivity index (χ2v) is 41.3. The number of aromatic carboxylic acids is 3. The number of anilines is 3. The molecule has 0 saturated heterocycles. The van der Waals surface area contributed by atoms with Crippen molar-refractivity contribution in [2.24, 2.45) is 35.2 Å². The molecule has 3 aliphatic heterocycles. The van der Waals surface area contributed by atoms with Gasteiger partial charge in [0.25, 0.3) is 17.7 Å². The fourth-order valence-corrected chi connectivity index (χ4v) is 23.1. The van der Waals surface area contributed by atoms with Gasteiger partial charge in [-0.05, 0) is 308 Å². The second-order valence-electron chi connectivity index (χ2n) is 39.0. The van der Waals surface area contributed by atoms with Gasteiger partial charge in [-0.25, -0.2) is 14.4 Å². The standard InChI is InChI=1S/2C39H39Cl2N5O4.C36H36Cl2N4O4/c1-20-15-26(16-21(2)35(20)41)50-14-8-9-28-29-10-11-31(40)34(33-23(4)42-44(7)24(33)5)36(29)46-22(3)19-45(38(47)37(28)46)25-17-30(39(48)49)27-12-13-43(6)32(27)18-25;1-20-15-26(16-21(2)35(20)41)50-14-8-9-27-28-10-11-30(40)34(33-23(4)42-44(7)24(33)5)36(28)46-22(3)19-45(38(47)37(27)46)32-18-25(39(48)49)17-31-29(32)12-13-43(31)6;1-19-16-26(17-20(2)32(19)38)46-15-7-8-27-28-13-14-29(37)31(30-22(4)39-40(6)23(30)5)33(28)42-21(3)18-41(35(43)34(27)42)25-11-9-24(10-12-25)36(44)45/h2*10-13,15-18,22H,8-9,14,19H2,1-7H3,(H,48,49);9-14,16-17,21H,7-8,15,18H2,1-6H3,(H,44,45)/t2*22-;21-/m101/s1. The minimum absolute atomic E-state index is 0.103. The first-order valence-corrected chi connectivity index (χ1v) is 50.9. The number of carboxylic acids is 3. The minimum Gasteiger partial charge on any atom is -0.494 e. The Labute approximate surface area is 875 Å². The number of carbonyl (C=O) groups excluding carboxylic acids is 3. The van der Waals surface area contributed by atoms with Crippen LogP contribution in [0.3, 0.4) is 0 Å². The minimum atomic E-state index is -1.05. The lowest BCUT2D eigenvalue weighted by atomic mass is 9.98. The van der Waals surface area contributed by atoms with Gasteiger partial charge in [0.05, 0.1) is 102 Å². The molecule has 3 aliphatic rings. The van der Waals surface area contributed by atoms with Gasteiger partial charge in [0.15, 0.2) is 0 Å². The van der Waals surface area contributed by atoms with Crippen LogP contribution in [-0.2, 0) is 54.5 Å². The summed E-state index contributed by atoms with van der Waals surface area (Å²) < 4.78 is 34.3. The lowest BCUT2D eigenvalue weighted by molar-refractivity contribution is 0.0686. The molecule has 17 aromatic rings. The van der Waals surface area contributed by atoms with Crippen molar-refractivity contribution < 1.29 is 58.3 Å². The van der Waals surface area contributed by atoms with Gasteiger partial charge in [-0.3, -0.25) is 28.4 Å². The van der Waals surface area contributed by atoms with Crippen LogP contribution in [0, 0.1) is 83.1 Å². The van der Waals surface area contributed by atoms with Gasteiger partial charge in [0.2, 0.25) is 0 Å². The predicted octanol–water partition coefficient (Wildman–Crippen LogP) is 26.5. The Morgan fingerprint density at radius 3 is 1.01 bits per heavy atom. The topological polar surface area (TPSA) is 279 Å². The van der Waals surface area contributed by atoms with Gasteiger partial charge in [-0.2, -0.15) is 15.3 Å². The highest BCUT2D eigenvalue weighted by Gasteiger charge is 2.43. The fraction of sp³-hybridized carbons (Fsp3) is 0.307. The molecule has 0 spiro atoms. The van der Waals surface area contributed by atoms with Crippen LogP contribution in [0.25, 0.3) is 87.9 Å². The third-order valence-corrected chi connectivity index (χ3v) is 31.9. The van der Waals surface area contributed by atoms with Crippen LogP contribution < -0.4 is 28.9 Å². The largest absolute Gasteiger partial charge is 0.494 e. The smallest absolute Gasteiger partial charge is 0.336 e. The molecule has 0 radical (unpaired) electrons. The molecule has 0 aliphatic carbocycles. The van der Waals surface area contributed by atoms with Crippen LogP contribution in [0.5, 0.6) is 17.2 Å². The number of benzene rings is 9. The summed E-state index contributed by atoms with van der Waals surface area (Å²) in [5.74, 6) is -1.34. The van der Waals surface area contributed by atoms with Crippen LogP contribution in [0.2, 0.25) is 30.1 Å². The van der Waals surface area contributed by atoms with Gasteiger partial charge < -0.3 is 67.1 Å². The number of aromatic nitrogens is 11. The highest BCUT2D eigenvalue weighted by atomic mass is 35.5. The summed E-state index contributed by atoms with van der Waals surface area (Å²) >= 11 is 40.3. The molecule has 20 rings (SSSR count). The lowest BCUT2D eigenvalue weighted by Gasteiger charge is -2.35. The van der Waals surface area contributed by atoms with Gasteiger partial charge in [0, 0.05) is 189 Å². The summed E-state index contributed by atoms with van der Waals surface area (Å²) in [4.78, 5) is 85.7. The molecule has 3 atom stereocenters.